The van der Waals surface area contributed by atoms with Gasteiger partial charge in [0.05, 0.1) is 6.20 Å². The molecule has 1 spiro atoms. The van der Waals surface area contributed by atoms with Crippen LogP contribution in [0.4, 0.5) is 0 Å². The fraction of sp³-hybridized carbons (Fsp3) is 0.400. The van der Waals surface area contributed by atoms with Crippen molar-refractivity contribution in [1.29, 1.82) is 0 Å². The number of fused-ring (bicyclic) bond motifs is 2. The minimum atomic E-state index is -0.452. The molecule has 6 heteroatoms. The van der Waals surface area contributed by atoms with E-state index >= 15 is 0 Å². The maximum atomic E-state index is 12.5. The third-order valence-corrected chi connectivity index (χ3v) is 5.11. The van der Waals surface area contributed by atoms with E-state index in [9.17, 15) is 4.79 Å². The molecule has 2 aliphatic rings. The molecule has 2 heterocycles. The van der Waals surface area contributed by atoms with Crippen LogP contribution >= 0.6 is 0 Å². The molecule has 1 atom stereocenters. The number of hydrogen-bond acceptors (Lipinski definition) is 6. The van der Waals surface area contributed by atoms with Crippen LogP contribution in [0.2, 0.25) is 0 Å². The Balaban J connectivity index is 1.70. The summed E-state index contributed by atoms with van der Waals surface area (Å²) >= 11 is 0. The topological polar surface area (TPSA) is 90.5 Å². The van der Waals surface area contributed by atoms with E-state index < -0.39 is 5.54 Å². The third-order valence-electron chi connectivity index (χ3n) is 5.11. The van der Waals surface area contributed by atoms with E-state index in [1.54, 1.807) is 6.20 Å². The lowest BCUT2D eigenvalue weighted by Gasteiger charge is -2.41. The molecule has 0 saturated carbocycles. The Hall–Kier alpha value is -2.76. The molecule has 134 valence electrons. The van der Waals surface area contributed by atoms with Gasteiger partial charge in [0, 0.05) is 18.8 Å². The van der Waals surface area contributed by atoms with Crippen LogP contribution in [0.1, 0.15) is 47.4 Å². The summed E-state index contributed by atoms with van der Waals surface area (Å²) in [6.45, 7) is 4.94. The Morgan fingerprint density at radius 1 is 1.31 bits per heavy atom. The number of carbonyl (C=O) groups is 1. The van der Waals surface area contributed by atoms with Gasteiger partial charge in [0.1, 0.15) is 17.8 Å². The van der Waals surface area contributed by atoms with E-state index in [1.165, 1.54) is 18.0 Å². The summed E-state index contributed by atoms with van der Waals surface area (Å²) in [6.07, 6.45) is 6.72. The van der Waals surface area contributed by atoms with Crippen LogP contribution in [-0.4, -0.2) is 28.4 Å². The summed E-state index contributed by atoms with van der Waals surface area (Å²) in [4.78, 5) is 25.2. The minimum absolute atomic E-state index is 0.0473. The van der Waals surface area contributed by atoms with Crippen molar-refractivity contribution in [2.75, 3.05) is 6.61 Å². The van der Waals surface area contributed by atoms with Crippen LogP contribution in [0.5, 0.6) is 0 Å². The van der Waals surface area contributed by atoms with Gasteiger partial charge in [0.15, 0.2) is 5.78 Å². The number of benzene rings is 1. The second-order valence-corrected chi connectivity index (χ2v) is 7.97. The highest BCUT2D eigenvalue weighted by atomic mass is 16.5. The highest BCUT2D eigenvalue weighted by molar-refractivity contribution is 5.95. The van der Waals surface area contributed by atoms with Gasteiger partial charge in [-0.2, -0.15) is 0 Å². The van der Waals surface area contributed by atoms with Crippen LogP contribution in [-0.2, 0) is 23.1 Å². The summed E-state index contributed by atoms with van der Waals surface area (Å²) in [5.41, 5.74) is 9.20. The number of Topliss-reactive ketones (excluding diaryl/α,β-unsaturated/α-hetero) is 1. The van der Waals surface area contributed by atoms with Crippen molar-refractivity contribution in [3.63, 3.8) is 0 Å². The van der Waals surface area contributed by atoms with E-state index in [0.29, 0.717) is 12.3 Å². The number of aliphatic imine (C=N–C) groups is 1. The lowest BCUT2D eigenvalue weighted by atomic mass is 9.65. The quantitative estimate of drug-likeness (QED) is 0.859. The summed E-state index contributed by atoms with van der Waals surface area (Å²) in [7, 11) is 0. The Bertz CT molecular complexity index is 892. The second-order valence-electron chi connectivity index (χ2n) is 7.97. The van der Waals surface area contributed by atoms with Crippen molar-refractivity contribution in [1.82, 2.24) is 9.97 Å². The van der Waals surface area contributed by atoms with Gasteiger partial charge in [-0.3, -0.25) is 9.78 Å². The molecule has 1 aromatic heterocycles. The number of aromatic nitrogens is 2. The molecule has 1 aromatic carbocycles. The molecule has 1 unspecified atom stereocenters. The van der Waals surface area contributed by atoms with Crippen molar-refractivity contribution in [2.24, 2.45) is 16.1 Å². The van der Waals surface area contributed by atoms with Crippen LogP contribution < -0.4 is 5.73 Å². The smallest absolute Gasteiger partial charge is 0.283 e. The van der Waals surface area contributed by atoms with Crippen LogP contribution in [0.25, 0.3) is 0 Å². The zero-order valence-corrected chi connectivity index (χ0v) is 15.0. The monoisotopic (exact) mass is 350 g/mol. The average Bonchev–Trinajstić information content (AvgIpc) is 2.96. The lowest BCUT2D eigenvalue weighted by molar-refractivity contribution is 0.0987. The van der Waals surface area contributed by atoms with E-state index in [2.05, 4.69) is 40.9 Å². The fourth-order valence-electron chi connectivity index (χ4n) is 4.20. The zero-order valence-electron chi connectivity index (χ0n) is 15.0. The Morgan fingerprint density at radius 3 is 2.85 bits per heavy atom. The number of nitrogens with zero attached hydrogens (tertiary/aromatic N) is 3. The summed E-state index contributed by atoms with van der Waals surface area (Å²) in [5, 5.41) is 0. The number of carbonyl (C=O) groups excluding carboxylic acids is 1. The molecule has 0 saturated heterocycles. The van der Waals surface area contributed by atoms with Gasteiger partial charge in [-0.1, -0.05) is 32.0 Å². The summed E-state index contributed by atoms with van der Waals surface area (Å²) in [6, 6.07) is 6.46. The molecule has 0 amide bonds. The van der Waals surface area contributed by atoms with Gasteiger partial charge in [0.2, 0.25) is 0 Å². The Morgan fingerprint density at radius 2 is 2.15 bits per heavy atom. The van der Waals surface area contributed by atoms with Gasteiger partial charge in [0.25, 0.3) is 6.02 Å². The molecule has 1 aliphatic heterocycles. The number of nitrogens with two attached hydrogens (primary N) is 1. The Kier molecular flexibility index (Phi) is 3.79. The van der Waals surface area contributed by atoms with E-state index in [0.717, 1.165) is 24.0 Å². The van der Waals surface area contributed by atoms with Crippen molar-refractivity contribution >= 4 is 11.8 Å². The summed E-state index contributed by atoms with van der Waals surface area (Å²) in [5.74, 6) is -0.0473. The summed E-state index contributed by atoms with van der Waals surface area (Å²) < 4.78 is 5.53. The molecule has 0 bridgehead atoms. The van der Waals surface area contributed by atoms with Crippen molar-refractivity contribution in [2.45, 2.75) is 38.6 Å². The predicted octanol–water partition coefficient (Wildman–Crippen LogP) is 2.41. The third kappa shape index (κ3) is 2.96. The molecular formula is C20H22N4O2. The first-order chi connectivity index (χ1) is 12.4. The van der Waals surface area contributed by atoms with Gasteiger partial charge < -0.3 is 10.5 Å². The van der Waals surface area contributed by atoms with Gasteiger partial charge >= 0.3 is 0 Å². The van der Waals surface area contributed by atoms with Crippen LogP contribution in [0.15, 0.2) is 41.8 Å². The normalized spacial score (nSPS) is 23.2. The van der Waals surface area contributed by atoms with Crippen molar-refractivity contribution < 1.29 is 9.53 Å². The molecule has 2 N–H and O–H groups in total. The second kappa shape index (κ2) is 5.90. The van der Waals surface area contributed by atoms with Crippen molar-refractivity contribution in [3.05, 3.63) is 59.2 Å². The first-order valence-corrected chi connectivity index (χ1v) is 8.77. The number of rotatable bonds is 3. The first kappa shape index (κ1) is 16.7. The zero-order chi connectivity index (χ0) is 18.4. The number of ether oxygens (including phenoxy) is 1. The fourth-order valence-corrected chi connectivity index (χ4v) is 4.20. The maximum Gasteiger partial charge on any atom is 0.283 e. The van der Waals surface area contributed by atoms with Gasteiger partial charge in [-0.25, -0.2) is 9.98 Å². The van der Waals surface area contributed by atoms with Crippen LogP contribution in [0.3, 0.4) is 0 Å². The maximum absolute atomic E-state index is 12.5. The minimum Gasteiger partial charge on any atom is -0.462 e. The molecule has 4 rings (SSSR count). The molecule has 1 aliphatic carbocycles. The molecule has 0 radical (unpaired) electrons. The lowest BCUT2D eigenvalue weighted by Crippen LogP contribution is -2.39. The SMILES string of the molecule is CC1(C)Cc2ccc(CC(=O)c3cnccn3)cc2C2(COC(N)=N2)C1. The Labute approximate surface area is 152 Å². The largest absolute Gasteiger partial charge is 0.462 e. The molecular weight excluding hydrogens is 328 g/mol. The average molecular weight is 350 g/mol. The molecule has 2 aromatic rings. The highest BCUT2D eigenvalue weighted by Gasteiger charge is 2.47. The standard InChI is InChI=1S/C20H22N4O2/c1-19(2)9-14-4-3-13(8-17(25)16-10-22-5-6-23-16)7-15(14)20(11-19)12-26-18(21)24-20/h3-7,10H,8-9,11-12H2,1-2H3,(H2,21,24). The number of amidine groups is 1. The van der Waals surface area contributed by atoms with Gasteiger partial charge in [-0.05, 0) is 34.9 Å². The number of hydrogen-bond donors (Lipinski definition) is 1. The van der Waals surface area contributed by atoms with Gasteiger partial charge in [-0.15, -0.1) is 0 Å². The molecule has 26 heavy (non-hydrogen) atoms. The number of ketones is 1. The molecule has 6 nitrogen and oxygen atoms in total. The first-order valence-electron chi connectivity index (χ1n) is 8.77. The predicted molar refractivity (Wildman–Crippen MR) is 97.9 cm³/mol. The highest BCUT2D eigenvalue weighted by Crippen LogP contribution is 2.48. The van der Waals surface area contributed by atoms with E-state index in [-0.39, 0.29) is 23.6 Å². The molecule has 0 fully saturated rings. The van der Waals surface area contributed by atoms with Crippen LogP contribution in [0, 0.1) is 5.41 Å². The van der Waals surface area contributed by atoms with E-state index in [1.807, 2.05) is 6.07 Å². The van der Waals surface area contributed by atoms with Crippen molar-refractivity contribution in [3.8, 4) is 0 Å². The van der Waals surface area contributed by atoms with E-state index in [4.69, 9.17) is 10.5 Å².